The predicted molar refractivity (Wildman–Crippen MR) is 80.4 cm³/mol. The van der Waals surface area contributed by atoms with Gasteiger partial charge in [0.15, 0.2) is 0 Å². The van der Waals surface area contributed by atoms with Gasteiger partial charge in [0.25, 0.3) is 10.0 Å². The Kier molecular flexibility index (Phi) is 4.79. The number of hydrogen-bond donors (Lipinski definition) is 3. The highest BCUT2D eigenvalue weighted by atomic mass is 32.2. The maximum atomic E-state index is 12.3. The Bertz CT molecular complexity index is 647. The van der Waals surface area contributed by atoms with Crippen molar-refractivity contribution in [3.05, 3.63) is 28.2 Å². The molecular formula is C12H18N4O2S2. The fourth-order valence-corrected chi connectivity index (χ4v) is 4.42. The second kappa shape index (κ2) is 6.38. The maximum Gasteiger partial charge on any atom is 0.263 e. The highest BCUT2D eigenvalue weighted by molar-refractivity contribution is 7.93. The lowest BCUT2D eigenvalue weighted by Crippen LogP contribution is -2.14. The second-order valence-corrected chi connectivity index (χ2v) is 7.39. The molecule has 0 fully saturated rings. The molecule has 0 saturated heterocycles. The molecule has 0 saturated carbocycles. The summed E-state index contributed by atoms with van der Waals surface area (Å²) in [6, 6.07) is 1.73. The Labute approximate surface area is 122 Å². The van der Waals surface area contributed by atoms with Gasteiger partial charge in [0.05, 0.1) is 11.9 Å². The van der Waals surface area contributed by atoms with Crippen LogP contribution in [0, 0.1) is 6.92 Å². The quantitative estimate of drug-likeness (QED) is 0.683. The highest BCUT2D eigenvalue weighted by Gasteiger charge is 2.20. The molecule has 2 heterocycles. The predicted octanol–water partition coefficient (Wildman–Crippen LogP) is 2.08. The van der Waals surface area contributed by atoms with Crippen LogP contribution in [0.3, 0.4) is 0 Å². The molecule has 0 aliphatic carbocycles. The topological polar surface area (TPSA) is 86.9 Å². The van der Waals surface area contributed by atoms with Crippen molar-refractivity contribution in [2.24, 2.45) is 0 Å². The Morgan fingerprint density at radius 2 is 2.25 bits per heavy atom. The number of nitrogens with zero attached hydrogens (tertiary/aromatic N) is 1. The van der Waals surface area contributed by atoms with Crippen LogP contribution in [0.2, 0.25) is 0 Å². The van der Waals surface area contributed by atoms with Gasteiger partial charge in [-0.05, 0) is 26.0 Å². The molecule has 0 unspecified atom stereocenters. The number of rotatable bonds is 7. The van der Waals surface area contributed by atoms with Crippen molar-refractivity contribution in [3.63, 3.8) is 0 Å². The first kappa shape index (κ1) is 15.0. The van der Waals surface area contributed by atoms with Gasteiger partial charge < -0.3 is 5.32 Å². The molecular weight excluding hydrogens is 296 g/mol. The first-order chi connectivity index (χ1) is 9.53. The largest absolute Gasteiger partial charge is 0.312 e. The summed E-state index contributed by atoms with van der Waals surface area (Å²) >= 11 is 1.50. The summed E-state index contributed by atoms with van der Waals surface area (Å²) in [5.41, 5.74) is 0.432. The van der Waals surface area contributed by atoms with Gasteiger partial charge in [-0.25, -0.2) is 8.42 Å². The molecule has 2 aromatic heterocycles. The minimum atomic E-state index is -3.55. The van der Waals surface area contributed by atoms with E-state index in [-0.39, 0.29) is 0 Å². The van der Waals surface area contributed by atoms with Crippen LogP contribution in [0.1, 0.15) is 23.1 Å². The number of anilines is 1. The Hall–Kier alpha value is -1.38. The average molecular weight is 314 g/mol. The lowest BCUT2D eigenvalue weighted by molar-refractivity contribution is 0.601. The molecule has 0 atom stereocenters. The number of sulfonamides is 1. The van der Waals surface area contributed by atoms with Gasteiger partial charge in [0, 0.05) is 22.5 Å². The molecule has 0 spiro atoms. The number of nitrogens with one attached hydrogen (secondary N) is 3. The molecule has 0 radical (unpaired) electrons. The molecule has 3 N–H and O–H groups in total. The molecule has 0 aromatic carbocycles. The fraction of sp³-hybridized carbons (Fsp3) is 0.417. The van der Waals surface area contributed by atoms with E-state index in [4.69, 9.17) is 0 Å². The van der Waals surface area contributed by atoms with Gasteiger partial charge in [0.2, 0.25) is 0 Å². The lowest BCUT2D eigenvalue weighted by atomic mass is 10.4. The van der Waals surface area contributed by atoms with E-state index in [1.807, 2.05) is 6.92 Å². The van der Waals surface area contributed by atoms with Crippen molar-refractivity contribution < 1.29 is 8.42 Å². The number of aromatic nitrogens is 2. The first-order valence-electron chi connectivity index (χ1n) is 6.34. The maximum absolute atomic E-state index is 12.3. The highest BCUT2D eigenvalue weighted by Crippen LogP contribution is 2.27. The SMILES string of the molecule is CCCNCc1cc(S(=O)(=O)Nc2cn[nH]c2)c(C)s1. The van der Waals surface area contributed by atoms with Gasteiger partial charge in [0.1, 0.15) is 4.90 Å². The lowest BCUT2D eigenvalue weighted by Gasteiger charge is -2.04. The van der Waals surface area contributed by atoms with Crippen LogP contribution in [-0.4, -0.2) is 25.2 Å². The molecule has 0 bridgehead atoms. The molecule has 2 rings (SSSR count). The fourth-order valence-electron chi connectivity index (χ4n) is 1.78. The average Bonchev–Trinajstić information content (AvgIpc) is 2.99. The summed E-state index contributed by atoms with van der Waals surface area (Å²) in [4.78, 5) is 2.13. The summed E-state index contributed by atoms with van der Waals surface area (Å²) in [6.45, 7) is 5.53. The van der Waals surface area contributed by atoms with Crippen LogP contribution in [0.25, 0.3) is 0 Å². The number of aryl methyl sites for hydroxylation is 1. The van der Waals surface area contributed by atoms with Crippen molar-refractivity contribution >= 4 is 27.0 Å². The minimum Gasteiger partial charge on any atom is -0.312 e. The molecule has 0 aliphatic rings. The zero-order valence-corrected chi connectivity index (χ0v) is 13.1. The van der Waals surface area contributed by atoms with Crippen molar-refractivity contribution in [2.75, 3.05) is 11.3 Å². The van der Waals surface area contributed by atoms with E-state index in [0.717, 1.165) is 22.7 Å². The summed E-state index contributed by atoms with van der Waals surface area (Å²) in [6.07, 6.45) is 3.99. The van der Waals surface area contributed by atoms with Gasteiger partial charge in [-0.15, -0.1) is 11.3 Å². The third-order valence-corrected chi connectivity index (χ3v) is 5.38. The Balaban J connectivity index is 2.15. The standard InChI is InChI=1S/C12H18N4O2S2/c1-3-4-13-8-11-5-12(9(2)19-11)20(17,18)16-10-6-14-15-7-10/h5-7,13,16H,3-4,8H2,1-2H3,(H,14,15). The van der Waals surface area contributed by atoms with Crippen LogP contribution < -0.4 is 10.0 Å². The normalized spacial score (nSPS) is 11.7. The van der Waals surface area contributed by atoms with Crippen LogP contribution in [0.4, 0.5) is 5.69 Å². The molecule has 20 heavy (non-hydrogen) atoms. The van der Waals surface area contributed by atoms with E-state index in [0.29, 0.717) is 17.1 Å². The molecule has 6 nitrogen and oxygen atoms in total. The van der Waals surface area contributed by atoms with E-state index in [2.05, 4.69) is 27.2 Å². The van der Waals surface area contributed by atoms with Crippen LogP contribution in [0.5, 0.6) is 0 Å². The molecule has 110 valence electrons. The third kappa shape index (κ3) is 3.59. The van der Waals surface area contributed by atoms with E-state index < -0.39 is 10.0 Å². The zero-order chi connectivity index (χ0) is 14.6. The Morgan fingerprint density at radius 1 is 1.45 bits per heavy atom. The van der Waals surface area contributed by atoms with Gasteiger partial charge in [-0.2, -0.15) is 5.10 Å². The monoisotopic (exact) mass is 314 g/mol. The van der Waals surface area contributed by atoms with E-state index in [9.17, 15) is 8.42 Å². The zero-order valence-electron chi connectivity index (χ0n) is 11.4. The van der Waals surface area contributed by atoms with Gasteiger partial charge in [-0.3, -0.25) is 9.82 Å². The minimum absolute atomic E-state index is 0.331. The second-order valence-electron chi connectivity index (χ2n) is 4.40. The summed E-state index contributed by atoms with van der Waals surface area (Å²) in [7, 11) is -3.55. The third-order valence-electron chi connectivity index (χ3n) is 2.69. The van der Waals surface area contributed by atoms with Crippen LogP contribution >= 0.6 is 11.3 Å². The molecule has 2 aromatic rings. The molecule has 0 aliphatic heterocycles. The smallest absolute Gasteiger partial charge is 0.263 e. The first-order valence-corrected chi connectivity index (χ1v) is 8.64. The van der Waals surface area contributed by atoms with Gasteiger partial charge >= 0.3 is 0 Å². The number of hydrogen-bond acceptors (Lipinski definition) is 5. The van der Waals surface area contributed by atoms with E-state index in [1.54, 1.807) is 6.07 Å². The van der Waals surface area contributed by atoms with E-state index >= 15 is 0 Å². The number of aromatic amines is 1. The van der Waals surface area contributed by atoms with Crippen molar-refractivity contribution in [3.8, 4) is 0 Å². The summed E-state index contributed by atoms with van der Waals surface area (Å²) in [5, 5.41) is 9.56. The Morgan fingerprint density at radius 3 is 2.90 bits per heavy atom. The van der Waals surface area contributed by atoms with Crippen molar-refractivity contribution in [2.45, 2.75) is 31.7 Å². The van der Waals surface area contributed by atoms with Crippen molar-refractivity contribution in [1.29, 1.82) is 0 Å². The summed E-state index contributed by atoms with van der Waals surface area (Å²) in [5.74, 6) is 0. The van der Waals surface area contributed by atoms with Crippen LogP contribution in [0.15, 0.2) is 23.4 Å². The van der Waals surface area contributed by atoms with E-state index in [1.165, 1.54) is 23.7 Å². The molecule has 0 amide bonds. The van der Waals surface area contributed by atoms with Gasteiger partial charge in [-0.1, -0.05) is 6.92 Å². The van der Waals surface area contributed by atoms with Crippen LogP contribution in [-0.2, 0) is 16.6 Å². The number of thiophene rings is 1. The van der Waals surface area contributed by atoms with Crippen molar-refractivity contribution in [1.82, 2.24) is 15.5 Å². The molecule has 8 heteroatoms. The summed E-state index contributed by atoms with van der Waals surface area (Å²) < 4.78 is 27.1. The number of H-pyrrole nitrogens is 1.